The smallest absolute Gasteiger partial charge is 0.307 e. The number of furan rings is 1. The fourth-order valence-corrected chi connectivity index (χ4v) is 4.20. The van der Waals surface area contributed by atoms with Crippen LogP contribution in [0.3, 0.4) is 0 Å². The molecule has 1 atom stereocenters. The highest BCUT2D eigenvalue weighted by molar-refractivity contribution is 6.31. The number of nitrogens with one attached hydrogen (secondary N) is 1. The van der Waals surface area contributed by atoms with Crippen LogP contribution in [0.1, 0.15) is 54.8 Å². The number of hydrazone groups is 1. The largest absolute Gasteiger partial charge is 0.451 e. The van der Waals surface area contributed by atoms with E-state index in [1.165, 1.54) is 11.3 Å². The van der Waals surface area contributed by atoms with Crippen molar-refractivity contribution in [3.63, 3.8) is 0 Å². The maximum absolute atomic E-state index is 12.3. The fourth-order valence-electron chi connectivity index (χ4n) is 4.02. The molecule has 2 aromatic carbocycles. The summed E-state index contributed by atoms with van der Waals surface area (Å²) in [5.41, 5.74) is 6.76. The number of carbonyl (C=O) groups excluding carboxylic acids is 1. The molecular formula is C23H24ClN3O2. The molecule has 6 heteroatoms. The minimum atomic E-state index is -0.401. The Hall–Kier alpha value is -2.79. The van der Waals surface area contributed by atoms with E-state index in [1.807, 2.05) is 6.07 Å². The number of benzene rings is 2. The van der Waals surface area contributed by atoms with Gasteiger partial charge in [0.05, 0.1) is 6.21 Å². The van der Waals surface area contributed by atoms with Gasteiger partial charge in [-0.15, -0.1) is 0 Å². The van der Waals surface area contributed by atoms with Gasteiger partial charge in [0.2, 0.25) is 0 Å². The van der Waals surface area contributed by atoms with Crippen molar-refractivity contribution in [3.8, 4) is 0 Å². The lowest BCUT2D eigenvalue weighted by atomic mass is 9.80. The zero-order valence-electron chi connectivity index (χ0n) is 17.0. The lowest BCUT2D eigenvalue weighted by Crippen LogP contribution is -2.45. The number of rotatable bonds is 3. The number of hydrogen-bond acceptors (Lipinski definition) is 4. The number of nitrogens with zero attached hydrogens (tertiary/aromatic N) is 2. The molecule has 29 heavy (non-hydrogen) atoms. The number of fused-ring (bicyclic) bond motifs is 2. The van der Waals surface area contributed by atoms with Crippen LogP contribution in [0.25, 0.3) is 11.0 Å². The average Bonchev–Trinajstić information content (AvgIpc) is 3.09. The Balaban J connectivity index is 1.49. The van der Waals surface area contributed by atoms with Crippen molar-refractivity contribution in [3.05, 3.63) is 64.4 Å². The molecule has 3 aromatic rings. The first kappa shape index (κ1) is 19.5. The standard InChI is InChI=1S/C23H24ClN3O2/c1-14-12-23(2,3)27(4)19-7-5-15(9-18(14)19)13-25-26-22(28)21-11-16-10-17(24)6-8-20(16)29-21/h5-11,13-14H,12H2,1-4H3,(H,26,28)/b25-13-/t14-/m0/s1. The Morgan fingerprint density at radius 2 is 2.07 bits per heavy atom. The van der Waals surface area contributed by atoms with Crippen LogP contribution in [0.5, 0.6) is 0 Å². The summed E-state index contributed by atoms with van der Waals surface area (Å²) < 4.78 is 5.56. The number of halogens is 1. The summed E-state index contributed by atoms with van der Waals surface area (Å²) in [5.74, 6) is 0.255. The van der Waals surface area contributed by atoms with E-state index in [2.05, 4.69) is 55.4 Å². The van der Waals surface area contributed by atoms with E-state index < -0.39 is 5.91 Å². The molecule has 0 aliphatic carbocycles. The molecule has 1 aliphatic heterocycles. The lowest BCUT2D eigenvalue weighted by Gasteiger charge is -2.45. The summed E-state index contributed by atoms with van der Waals surface area (Å²) in [6.07, 6.45) is 2.74. The van der Waals surface area contributed by atoms with Crippen molar-refractivity contribution >= 4 is 40.4 Å². The second-order valence-electron chi connectivity index (χ2n) is 8.29. The molecule has 0 fully saturated rings. The molecule has 0 saturated heterocycles. The zero-order chi connectivity index (χ0) is 20.8. The van der Waals surface area contributed by atoms with Crippen LogP contribution in [-0.2, 0) is 0 Å². The Bertz CT molecular complexity index is 1120. The molecule has 0 saturated carbocycles. The molecule has 0 bridgehead atoms. The second-order valence-corrected chi connectivity index (χ2v) is 8.72. The molecule has 150 valence electrons. The number of anilines is 1. The Morgan fingerprint density at radius 1 is 1.28 bits per heavy atom. The molecule has 0 unspecified atom stereocenters. The molecule has 1 amide bonds. The third-order valence-corrected chi connectivity index (χ3v) is 5.97. The monoisotopic (exact) mass is 409 g/mol. The van der Waals surface area contributed by atoms with Crippen molar-refractivity contribution in [2.75, 3.05) is 11.9 Å². The minimum absolute atomic E-state index is 0.132. The Kier molecular flexibility index (Phi) is 4.87. The summed E-state index contributed by atoms with van der Waals surface area (Å²) in [4.78, 5) is 14.7. The van der Waals surface area contributed by atoms with Crippen LogP contribution in [-0.4, -0.2) is 24.7 Å². The van der Waals surface area contributed by atoms with Crippen LogP contribution in [0.2, 0.25) is 5.02 Å². The third kappa shape index (κ3) is 3.75. The van der Waals surface area contributed by atoms with Gasteiger partial charge in [-0.05, 0) is 73.7 Å². The van der Waals surface area contributed by atoms with Gasteiger partial charge >= 0.3 is 5.91 Å². The normalized spacial score (nSPS) is 18.2. The Labute approximate surface area is 175 Å². The van der Waals surface area contributed by atoms with Gasteiger partial charge < -0.3 is 9.32 Å². The van der Waals surface area contributed by atoms with Gasteiger partial charge in [-0.1, -0.05) is 24.6 Å². The highest BCUT2D eigenvalue weighted by Crippen LogP contribution is 2.42. The molecule has 0 spiro atoms. The molecule has 1 aromatic heterocycles. The topological polar surface area (TPSA) is 57.8 Å². The summed E-state index contributed by atoms with van der Waals surface area (Å²) in [6.45, 7) is 6.79. The van der Waals surface area contributed by atoms with Crippen LogP contribution in [0.15, 0.2) is 52.0 Å². The van der Waals surface area contributed by atoms with E-state index in [0.29, 0.717) is 16.5 Å². The van der Waals surface area contributed by atoms with Crippen LogP contribution < -0.4 is 10.3 Å². The van der Waals surface area contributed by atoms with Gasteiger partial charge in [0.1, 0.15) is 5.58 Å². The van der Waals surface area contributed by atoms with Crippen molar-refractivity contribution in [2.45, 2.75) is 38.6 Å². The minimum Gasteiger partial charge on any atom is -0.451 e. The van der Waals surface area contributed by atoms with E-state index in [4.69, 9.17) is 16.0 Å². The first-order valence-corrected chi connectivity index (χ1v) is 10.0. The zero-order valence-corrected chi connectivity index (χ0v) is 17.7. The molecule has 0 radical (unpaired) electrons. The van der Waals surface area contributed by atoms with Crippen molar-refractivity contribution in [2.24, 2.45) is 5.10 Å². The number of hydrogen-bond donors (Lipinski definition) is 1. The summed E-state index contributed by atoms with van der Waals surface area (Å²) >= 11 is 5.98. The molecular weight excluding hydrogens is 386 g/mol. The van der Waals surface area contributed by atoms with Gasteiger partial charge in [0, 0.05) is 28.7 Å². The molecule has 1 N–H and O–H groups in total. The maximum Gasteiger partial charge on any atom is 0.307 e. The van der Waals surface area contributed by atoms with Crippen molar-refractivity contribution < 1.29 is 9.21 Å². The number of amides is 1. The van der Waals surface area contributed by atoms with Crippen molar-refractivity contribution in [1.29, 1.82) is 0 Å². The molecule has 4 rings (SSSR count). The van der Waals surface area contributed by atoms with Gasteiger partial charge in [-0.3, -0.25) is 4.79 Å². The summed E-state index contributed by atoms with van der Waals surface area (Å²) in [6, 6.07) is 13.2. The quantitative estimate of drug-likeness (QED) is 0.454. The van der Waals surface area contributed by atoms with Gasteiger partial charge in [-0.25, -0.2) is 5.43 Å². The van der Waals surface area contributed by atoms with Crippen LogP contribution in [0, 0.1) is 0 Å². The predicted octanol–water partition coefficient (Wildman–Crippen LogP) is 5.57. The lowest BCUT2D eigenvalue weighted by molar-refractivity contribution is 0.0929. The van der Waals surface area contributed by atoms with E-state index in [1.54, 1.807) is 30.5 Å². The predicted molar refractivity (Wildman–Crippen MR) is 118 cm³/mol. The number of carbonyl (C=O) groups is 1. The van der Waals surface area contributed by atoms with Gasteiger partial charge in [0.15, 0.2) is 5.76 Å². The summed E-state index contributed by atoms with van der Waals surface area (Å²) in [7, 11) is 2.14. The van der Waals surface area contributed by atoms with Gasteiger partial charge in [-0.2, -0.15) is 5.10 Å². The van der Waals surface area contributed by atoms with Crippen LogP contribution in [0.4, 0.5) is 5.69 Å². The fraction of sp³-hybridized carbons (Fsp3) is 0.304. The molecule has 2 heterocycles. The second kappa shape index (κ2) is 7.23. The maximum atomic E-state index is 12.3. The first-order chi connectivity index (χ1) is 13.7. The highest BCUT2D eigenvalue weighted by Gasteiger charge is 2.33. The molecule has 1 aliphatic rings. The third-order valence-electron chi connectivity index (χ3n) is 5.74. The van der Waals surface area contributed by atoms with E-state index in [-0.39, 0.29) is 11.3 Å². The SMILES string of the molecule is C[C@H]1CC(C)(C)N(C)c2ccc(/C=N\NC(=O)c3cc4cc(Cl)ccc4o3)cc21. The van der Waals surface area contributed by atoms with E-state index in [9.17, 15) is 4.79 Å². The first-order valence-electron chi connectivity index (χ1n) is 9.65. The summed E-state index contributed by atoms with van der Waals surface area (Å²) in [5, 5.41) is 5.48. The highest BCUT2D eigenvalue weighted by atomic mass is 35.5. The molecule has 5 nitrogen and oxygen atoms in total. The van der Waals surface area contributed by atoms with Crippen LogP contribution >= 0.6 is 11.6 Å². The van der Waals surface area contributed by atoms with E-state index in [0.717, 1.165) is 17.4 Å². The van der Waals surface area contributed by atoms with E-state index >= 15 is 0 Å². The Morgan fingerprint density at radius 3 is 2.86 bits per heavy atom. The average molecular weight is 410 g/mol. The van der Waals surface area contributed by atoms with Gasteiger partial charge in [0.25, 0.3) is 0 Å². The van der Waals surface area contributed by atoms with Crippen molar-refractivity contribution in [1.82, 2.24) is 5.43 Å².